The first-order valence-electron chi connectivity index (χ1n) is 8.35. The second kappa shape index (κ2) is 8.11. The van der Waals surface area contributed by atoms with E-state index in [0.717, 1.165) is 11.4 Å². The summed E-state index contributed by atoms with van der Waals surface area (Å²) in [5.74, 6) is 0.828. The van der Waals surface area contributed by atoms with Gasteiger partial charge in [0.15, 0.2) is 0 Å². The topological polar surface area (TPSA) is 76.1 Å². The summed E-state index contributed by atoms with van der Waals surface area (Å²) in [6, 6.07) is 16.6. The molecule has 0 aliphatic rings. The van der Waals surface area contributed by atoms with E-state index in [4.69, 9.17) is 4.74 Å². The molecular formula is C20H20N4O2. The van der Waals surface area contributed by atoms with Gasteiger partial charge >= 0.3 is 0 Å². The highest BCUT2D eigenvalue weighted by Gasteiger charge is 2.09. The number of carbonyl (C=O) groups excluding carboxylic acids is 1. The molecule has 0 aliphatic carbocycles. The summed E-state index contributed by atoms with van der Waals surface area (Å²) in [5, 5.41) is 5.91. The number of amides is 1. The van der Waals surface area contributed by atoms with E-state index in [1.54, 1.807) is 24.4 Å². The van der Waals surface area contributed by atoms with Crippen LogP contribution in [0.25, 0.3) is 0 Å². The van der Waals surface area contributed by atoms with Crippen LogP contribution in [-0.2, 0) is 0 Å². The molecule has 6 heteroatoms. The number of ether oxygens (including phenoxy) is 1. The second-order valence-electron chi connectivity index (χ2n) is 5.67. The second-order valence-corrected chi connectivity index (χ2v) is 5.67. The van der Waals surface area contributed by atoms with Gasteiger partial charge in [0.05, 0.1) is 6.61 Å². The maximum Gasteiger partial charge on any atom is 0.274 e. The lowest BCUT2D eigenvalue weighted by molar-refractivity contribution is 0.102. The summed E-state index contributed by atoms with van der Waals surface area (Å²) >= 11 is 0. The highest BCUT2D eigenvalue weighted by molar-refractivity contribution is 6.03. The molecule has 1 aromatic heterocycles. The van der Waals surface area contributed by atoms with Crippen LogP contribution in [0.4, 0.5) is 17.3 Å². The summed E-state index contributed by atoms with van der Waals surface area (Å²) in [7, 11) is 0. The predicted octanol–water partition coefficient (Wildman–Crippen LogP) is 4.18. The fourth-order valence-electron chi connectivity index (χ4n) is 2.31. The Morgan fingerprint density at radius 1 is 1.00 bits per heavy atom. The lowest BCUT2D eigenvalue weighted by atomic mass is 10.2. The van der Waals surface area contributed by atoms with Crippen LogP contribution < -0.4 is 15.4 Å². The zero-order valence-corrected chi connectivity index (χ0v) is 14.7. The first kappa shape index (κ1) is 17.4. The Labute approximate surface area is 152 Å². The van der Waals surface area contributed by atoms with Gasteiger partial charge in [-0.2, -0.15) is 0 Å². The largest absolute Gasteiger partial charge is 0.494 e. The van der Waals surface area contributed by atoms with Gasteiger partial charge in [-0.15, -0.1) is 0 Å². The van der Waals surface area contributed by atoms with Crippen molar-refractivity contribution in [3.63, 3.8) is 0 Å². The number of benzene rings is 2. The van der Waals surface area contributed by atoms with Gasteiger partial charge in [-0.25, -0.2) is 9.97 Å². The number of hydrogen-bond donors (Lipinski definition) is 2. The van der Waals surface area contributed by atoms with Crippen molar-refractivity contribution in [3.05, 3.63) is 72.1 Å². The van der Waals surface area contributed by atoms with Crippen LogP contribution in [0.2, 0.25) is 0 Å². The van der Waals surface area contributed by atoms with E-state index < -0.39 is 0 Å². The molecule has 0 bridgehead atoms. The highest BCUT2D eigenvalue weighted by atomic mass is 16.5. The fourth-order valence-corrected chi connectivity index (χ4v) is 2.31. The Bertz CT molecular complexity index is 877. The van der Waals surface area contributed by atoms with Gasteiger partial charge in [-0.05, 0) is 56.3 Å². The van der Waals surface area contributed by atoms with E-state index >= 15 is 0 Å². The molecule has 0 saturated carbocycles. The molecular weight excluding hydrogens is 328 g/mol. The number of aryl methyl sites for hydroxylation is 1. The third kappa shape index (κ3) is 4.57. The van der Waals surface area contributed by atoms with Crippen LogP contribution >= 0.6 is 0 Å². The third-order valence-corrected chi connectivity index (χ3v) is 3.62. The number of anilines is 3. The number of nitrogens with one attached hydrogen (secondary N) is 2. The average molecular weight is 348 g/mol. The molecule has 0 atom stereocenters. The molecule has 6 nitrogen and oxygen atoms in total. The monoisotopic (exact) mass is 348 g/mol. The highest BCUT2D eigenvalue weighted by Crippen LogP contribution is 2.17. The van der Waals surface area contributed by atoms with E-state index in [1.165, 1.54) is 5.56 Å². The molecule has 0 unspecified atom stereocenters. The molecule has 0 fully saturated rings. The summed E-state index contributed by atoms with van der Waals surface area (Å²) in [4.78, 5) is 20.8. The number of rotatable bonds is 6. The third-order valence-electron chi connectivity index (χ3n) is 3.62. The average Bonchev–Trinajstić information content (AvgIpc) is 2.66. The SMILES string of the molecule is CCOc1ccc(NC(=O)c2ccnc(Nc3ccc(C)cc3)n2)cc1. The van der Waals surface area contributed by atoms with Crippen molar-refractivity contribution < 1.29 is 9.53 Å². The van der Waals surface area contributed by atoms with Crippen LogP contribution in [0, 0.1) is 6.92 Å². The van der Waals surface area contributed by atoms with Crippen molar-refractivity contribution in [2.45, 2.75) is 13.8 Å². The number of aromatic nitrogens is 2. The molecule has 0 radical (unpaired) electrons. The van der Waals surface area contributed by atoms with Crippen LogP contribution in [0.15, 0.2) is 60.8 Å². The Balaban J connectivity index is 1.68. The van der Waals surface area contributed by atoms with Gasteiger partial charge in [0.25, 0.3) is 5.91 Å². The van der Waals surface area contributed by atoms with E-state index in [1.807, 2.05) is 50.2 Å². The van der Waals surface area contributed by atoms with E-state index in [0.29, 0.717) is 18.2 Å². The summed E-state index contributed by atoms with van der Waals surface area (Å²) < 4.78 is 5.39. The molecule has 2 aromatic carbocycles. The molecule has 1 heterocycles. The molecule has 3 aromatic rings. The smallest absolute Gasteiger partial charge is 0.274 e. The Kier molecular flexibility index (Phi) is 5.43. The maximum absolute atomic E-state index is 12.4. The number of carbonyl (C=O) groups is 1. The van der Waals surface area contributed by atoms with E-state index in [-0.39, 0.29) is 11.6 Å². The molecule has 3 rings (SSSR count). The van der Waals surface area contributed by atoms with Crippen molar-refractivity contribution in [1.82, 2.24) is 9.97 Å². The minimum atomic E-state index is -0.302. The van der Waals surface area contributed by atoms with Gasteiger partial charge in [-0.3, -0.25) is 4.79 Å². The summed E-state index contributed by atoms with van der Waals surface area (Å²) in [6.07, 6.45) is 1.55. The Hall–Kier alpha value is -3.41. The number of nitrogens with zero attached hydrogens (tertiary/aromatic N) is 2. The first-order chi connectivity index (χ1) is 12.6. The quantitative estimate of drug-likeness (QED) is 0.699. The van der Waals surface area contributed by atoms with Crippen molar-refractivity contribution in [1.29, 1.82) is 0 Å². The zero-order chi connectivity index (χ0) is 18.4. The van der Waals surface area contributed by atoms with Crippen molar-refractivity contribution >= 4 is 23.2 Å². The zero-order valence-electron chi connectivity index (χ0n) is 14.7. The van der Waals surface area contributed by atoms with Crippen molar-refractivity contribution in [3.8, 4) is 5.75 Å². The lowest BCUT2D eigenvalue weighted by Gasteiger charge is -2.08. The normalized spacial score (nSPS) is 10.2. The summed E-state index contributed by atoms with van der Waals surface area (Å²) in [6.45, 7) is 4.54. The predicted molar refractivity (Wildman–Crippen MR) is 102 cm³/mol. The standard InChI is InChI=1S/C20H20N4O2/c1-3-26-17-10-8-15(9-11-17)22-19(25)18-12-13-21-20(24-18)23-16-6-4-14(2)5-7-16/h4-13H,3H2,1-2H3,(H,22,25)(H,21,23,24). The molecule has 1 amide bonds. The molecule has 26 heavy (non-hydrogen) atoms. The van der Waals surface area contributed by atoms with Crippen molar-refractivity contribution in [2.24, 2.45) is 0 Å². The maximum atomic E-state index is 12.4. The van der Waals surface area contributed by atoms with Gasteiger partial charge < -0.3 is 15.4 Å². The first-order valence-corrected chi connectivity index (χ1v) is 8.35. The minimum absolute atomic E-state index is 0.281. The van der Waals surface area contributed by atoms with Crippen LogP contribution in [-0.4, -0.2) is 22.5 Å². The van der Waals surface area contributed by atoms with Gasteiger partial charge in [0.1, 0.15) is 11.4 Å². The molecule has 0 saturated heterocycles. The summed E-state index contributed by atoms with van der Waals surface area (Å²) in [5.41, 5.74) is 2.98. The van der Waals surface area contributed by atoms with Crippen molar-refractivity contribution in [2.75, 3.05) is 17.2 Å². The molecule has 2 N–H and O–H groups in total. The molecule has 132 valence electrons. The number of hydrogen-bond acceptors (Lipinski definition) is 5. The fraction of sp³-hybridized carbons (Fsp3) is 0.150. The van der Waals surface area contributed by atoms with Crippen LogP contribution in [0.5, 0.6) is 5.75 Å². The Morgan fingerprint density at radius 2 is 1.69 bits per heavy atom. The minimum Gasteiger partial charge on any atom is -0.494 e. The molecule has 0 aliphatic heterocycles. The van der Waals surface area contributed by atoms with E-state index in [2.05, 4.69) is 20.6 Å². The lowest BCUT2D eigenvalue weighted by Crippen LogP contribution is -2.14. The van der Waals surface area contributed by atoms with Gasteiger partial charge in [0.2, 0.25) is 5.95 Å². The van der Waals surface area contributed by atoms with Crippen LogP contribution in [0.3, 0.4) is 0 Å². The Morgan fingerprint density at radius 3 is 2.38 bits per heavy atom. The van der Waals surface area contributed by atoms with Gasteiger partial charge in [-0.1, -0.05) is 17.7 Å². The van der Waals surface area contributed by atoms with E-state index in [9.17, 15) is 4.79 Å². The van der Waals surface area contributed by atoms with Crippen LogP contribution in [0.1, 0.15) is 23.0 Å². The molecule has 0 spiro atoms. The van der Waals surface area contributed by atoms with Gasteiger partial charge in [0, 0.05) is 17.6 Å².